The van der Waals surface area contributed by atoms with Gasteiger partial charge in [0, 0.05) is 0 Å². The van der Waals surface area contributed by atoms with E-state index in [1.807, 2.05) is 0 Å². The van der Waals surface area contributed by atoms with Crippen LogP contribution < -0.4 is 0 Å². The first-order chi connectivity index (χ1) is 18.8. The summed E-state index contributed by atoms with van der Waals surface area (Å²) in [5, 5.41) is 27.6. The second-order valence-corrected chi connectivity index (χ2v) is 11.2. The molecule has 0 heteroatoms. The molecule has 0 saturated carbocycles. The molecular formula is C38H18. The Hall–Kier alpha value is -4.94. The van der Waals surface area contributed by atoms with Crippen molar-refractivity contribution < 1.29 is 0 Å². The van der Waals surface area contributed by atoms with E-state index in [0.29, 0.717) is 0 Å². The maximum Gasteiger partial charge on any atom is -0.000719 e. The Kier molecular flexibility index (Phi) is 2.79. The van der Waals surface area contributed by atoms with Gasteiger partial charge in [-0.05, 0) is 114 Å². The Labute approximate surface area is 216 Å². The summed E-state index contributed by atoms with van der Waals surface area (Å²) >= 11 is 0. The van der Waals surface area contributed by atoms with Gasteiger partial charge in [0.15, 0.2) is 0 Å². The molecule has 0 unspecified atom stereocenters. The predicted octanol–water partition coefficient (Wildman–Crippen LogP) is 11.0. The molecule has 0 aliphatic rings. The fourth-order valence-electron chi connectivity index (χ4n) is 8.13. The largest absolute Gasteiger partial charge is 0.0610 e. The molecule has 0 fully saturated rings. The lowest BCUT2D eigenvalue weighted by atomic mass is 9.86. The standard InChI is InChI=1S/C38H18/c1-2-19-8-9-24-18-30-25(26-13-10-20(3-1)31(19)32(24)26)16-17-27-28-14-11-22-6-4-21-5-7-23-12-15-29(36(27)30)38-35(23)33(21)34(22)37(28)38/h1-18H. The van der Waals surface area contributed by atoms with Gasteiger partial charge in [0.1, 0.15) is 0 Å². The van der Waals surface area contributed by atoms with Crippen LogP contribution in [0, 0.1) is 0 Å². The van der Waals surface area contributed by atoms with Gasteiger partial charge in [0.05, 0.1) is 0 Å². The lowest BCUT2D eigenvalue weighted by Gasteiger charge is -2.16. The van der Waals surface area contributed by atoms with Crippen molar-refractivity contribution >= 4 is 108 Å². The fourth-order valence-corrected chi connectivity index (χ4v) is 8.13. The first kappa shape index (κ1) is 18.3. The average molecular weight is 475 g/mol. The minimum Gasteiger partial charge on any atom is -0.0610 e. The van der Waals surface area contributed by atoms with E-state index < -0.39 is 0 Å². The third kappa shape index (κ3) is 1.82. The predicted molar refractivity (Wildman–Crippen MR) is 166 cm³/mol. The summed E-state index contributed by atoms with van der Waals surface area (Å²) in [7, 11) is 0. The molecule has 11 aromatic carbocycles. The Bertz CT molecular complexity index is 2740. The van der Waals surface area contributed by atoms with E-state index in [4.69, 9.17) is 0 Å². The van der Waals surface area contributed by atoms with Crippen LogP contribution in [0.2, 0.25) is 0 Å². The van der Waals surface area contributed by atoms with E-state index in [9.17, 15) is 0 Å². The van der Waals surface area contributed by atoms with E-state index in [0.717, 1.165) is 0 Å². The smallest absolute Gasteiger partial charge is 0.000719 e. The summed E-state index contributed by atoms with van der Waals surface area (Å²) in [6.07, 6.45) is 0. The number of benzene rings is 10. The van der Waals surface area contributed by atoms with Crippen LogP contribution in [0.1, 0.15) is 0 Å². The zero-order chi connectivity index (χ0) is 24.3. The fraction of sp³-hybridized carbons (Fsp3) is 0. The Morgan fingerprint density at radius 2 is 0.632 bits per heavy atom. The Morgan fingerprint density at radius 1 is 0.211 bits per heavy atom. The van der Waals surface area contributed by atoms with Crippen molar-refractivity contribution in [3.05, 3.63) is 109 Å². The van der Waals surface area contributed by atoms with Crippen molar-refractivity contribution in [3.63, 3.8) is 0 Å². The molecule has 0 aromatic heterocycles. The summed E-state index contributed by atoms with van der Waals surface area (Å²) in [5.41, 5.74) is 0. The van der Waals surface area contributed by atoms with Crippen LogP contribution in [0.3, 0.4) is 0 Å². The van der Waals surface area contributed by atoms with Gasteiger partial charge in [-0.2, -0.15) is 0 Å². The molecule has 0 nitrogen and oxygen atoms in total. The van der Waals surface area contributed by atoms with Crippen LogP contribution in [0.4, 0.5) is 0 Å². The molecule has 0 radical (unpaired) electrons. The summed E-state index contributed by atoms with van der Waals surface area (Å²) in [5.74, 6) is 0. The Morgan fingerprint density at radius 3 is 1.32 bits per heavy atom. The first-order valence-electron chi connectivity index (χ1n) is 13.4. The van der Waals surface area contributed by atoms with Crippen molar-refractivity contribution in [1.29, 1.82) is 0 Å². The lowest BCUT2D eigenvalue weighted by molar-refractivity contribution is 1.81. The average Bonchev–Trinajstić information content (AvgIpc) is 3.34. The lowest BCUT2D eigenvalue weighted by Crippen LogP contribution is -1.88. The van der Waals surface area contributed by atoms with E-state index in [1.54, 1.807) is 0 Å². The molecular weight excluding hydrogens is 456 g/mol. The molecule has 38 heavy (non-hydrogen) atoms. The molecule has 11 aromatic rings. The van der Waals surface area contributed by atoms with E-state index in [1.165, 1.54) is 108 Å². The zero-order valence-corrected chi connectivity index (χ0v) is 20.4. The van der Waals surface area contributed by atoms with Crippen LogP contribution in [-0.4, -0.2) is 0 Å². The molecule has 0 bridgehead atoms. The van der Waals surface area contributed by atoms with Crippen molar-refractivity contribution in [2.24, 2.45) is 0 Å². The quantitative estimate of drug-likeness (QED) is 0.151. The summed E-state index contributed by atoms with van der Waals surface area (Å²) in [6.45, 7) is 0. The van der Waals surface area contributed by atoms with Gasteiger partial charge in [0.2, 0.25) is 0 Å². The highest BCUT2D eigenvalue weighted by Crippen LogP contribution is 2.52. The molecule has 0 heterocycles. The summed E-state index contributed by atoms with van der Waals surface area (Å²) in [4.78, 5) is 0. The summed E-state index contributed by atoms with van der Waals surface area (Å²) < 4.78 is 0. The Balaban J connectivity index is 1.48. The second-order valence-electron chi connectivity index (χ2n) is 11.2. The molecule has 0 spiro atoms. The number of hydrogen-bond donors (Lipinski definition) is 0. The summed E-state index contributed by atoms with van der Waals surface area (Å²) in [6, 6.07) is 41.8. The van der Waals surface area contributed by atoms with Crippen LogP contribution in [0.15, 0.2) is 109 Å². The van der Waals surface area contributed by atoms with Crippen LogP contribution in [-0.2, 0) is 0 Å². The van der Waals surface area contributed by atoms with Crippen LogP contribution in [0.25, 0.3) is 108 Å². The van der Waals surface area contributed by atoms with Gasteiger partial charge in [-0.25, -0.2) is 0 Å². The highest BCUT2D eigenvalue weighted by Gasteiger charge is 2.23. The van der Waals surface area contributed by atoms with E-state index in [2.05, 4.69) is 109 Å². The van der Waals surface area contributed by atoms with Gasteiger partial charge in [-0.15, -0.1) is 0 Å². The molecule has 0 aliphatic carbocycles. The second kappa shape index (κ2) is 5.79. The maximum absolute atomic E-state index is 2.46. The monoisotopic (exact) mass is 474 g/mol. The van der Waals surface area contributed by atoms with E-state index >= 15 is 0 Å². The molecule has 11 rings (SSSR count). The third-order valence-corrected chi connectivity index (χ3v) is 9.60. The van der Waals surface area contributed by atoms with Gasteiger partial charge < -0.3 is 0 Å². The number of rotatable bonds is 0. The van der Waals surface area contributed by atoms with Gasteiger partial charge in [-0.1, -0.05) is 103 Å². The van der Waals surface area contributed by atoms with Crippen LogP contribution in [0.5, 0.6) is 0 Å². The number of hydrogen-bond acceptors (Lipinski definition) is 0. The molecule has 170 valence electrons. The zero-order valence-electron chi connectivity index (χ0n) is 20.4. The first-order valence-corrected chi connectivity index (χ1v) is 13.4. The third-order valence-electron chi connectivity index (χ3n) is 9.60. The highest BCUT2D eigenvalue weighted by molar-refractivity contribution is 6.50. The molecule has 0 N–H and O–H groups in total. The molecule has 0 amide bonds. The van der Waals surface area contributed by atoms with Gasteiger partial charge in [-0.3, -0.25) is 0 Å². The van der Waals surface area contributed by atoms with Crippen molar-refractivity contribution in [3.8, 4) is 0 Å². The van der Waals surface area contributed by atoms with Gasteiger partial charge in [0.25, 0.3) is 0 Å². The molecule has 0 atom stereocenters. The molecule has 0 saturated heterocycles. The van der Waals surface area contributed by atoms with Crippen LogP contribution >= 0.6 is 0 Å². The SMILES string of the molecule is c1cc2ccc3cc4c(ccc5c6ccc7ccc8ccc9ccc(c45)c4c9c8c7c64)c4ccc(c1)c2c34. The highest BCUT2D eigenvalue weighted by atomic mass is 14.3. The number of fused-ring (bicyclic) bond motifs is 6. The minimum atomic E-state index is 1.32. The minimum absolute atomic E-state index is 1.32. The normalized spacial score (nSPS) is 13.3. The van der Waals surface area contributed by atoms with E-state index in [-0.39, 0.29) is 0 Å². The van der Waals surface area contributed by atoms with Crippen molar-refractivity contribution in [2.45, 2.75) is 0 Å². The van der Waals surface area contributed by atoms with Crippen molar-refractivity contribution in [1.82, 2.24) is 0 Å². The molecule has 0 aliphatic heterocycles. The van der Waals surface area contributed by atoms with Gasteiger partial charge >= 0.3 is 0 Å². The topological polar surface area (TPSA) is 0 Å². The van der Waals surface area contributed by atoms with Crippen molar-refractivity contribution in [2.75, 3.05) is 0 Å². The maximum atomic E-state index is 2.46.